The van der Waals surface area contributed by atoms with E-state index < -0.39 is 12.2 Å². The first kappa shape index (κ1) is 29.9. The highest BCUT2D eigenvalue weighted by molar-refractivity contribution is 5.42. The quantitative estimate of drug-likeness (QED) is 0.183. The molecular weight excluding hydrogens is 502 g/mol. The fourth-order valence-electron chi connectivity index (χ4n) is 5.12. The lowest BCUT2D eigenvalue weighted by Crippen LogP contribution is -2.35. The van der Waals surface area contributed by atoms with Crippen LogP contribution in [-0.2, 0) is 6.54 Å². The minimum absolute atomic E-state index is 0.0263. The zero-order valence-corrected chi connectivity index (χ0v) is 22.0. The van der Waals surface area contributed by atoms with Crippen LogP contribution in [-0.4, -0.2) is 47.7 Å². The lowest BCUT2D eigenvalue weighted by atomic mass is 9.70. The van der Waals surface area contributed by atoms with Gasteiger partial charge in [-0.25, -0.2) is 9.37 Å². The summed E-state index contributed by atoms with van der Waals surface area (Å²) in [5, 5.41) is 18.5. The number of aliphatic hydroxyl groups excluding tert-OH is 1. The highest BCUT2D eigenvalue weighted by Crippen LogP contribution is 2.38. The highest BCUT2D eigenvalue weighted by atomic mass is 19.4. The fourth-order valence-corrected chi connectivity index (χ4v) is 5.12. The maximum Gasteiger partial charge on any atom is 0.573 e. The summed E-state index contributed by atoms with van der Waals surface area (Å²) in [7, 11) is 0. The van der Waals surface area contributed by atoms with E-state index in [0.29, 0.717) is 30.2 Å². The van der Waals surface area contributed by atoms with Crippen molar-refractivity contribution in [3.63, 3.8) is 0 Å². The van der Waals surface area contributed by atoms with Crippen LogP contribution in [0.25, 0.3) is 0 Å². The molecule has 212 valence electrons. The Labute approximate surface area is 221 Å². The van der Waals surface area contributed by atoms with Crippen molar-refractivity contribution in [2.45, 2.75) is 58.9 Å². The van der Waals surface area contributed by atoms with Crippen molar-refractivity contribution in [1.29, 1.82) is 0 Å². The van der Waals surface area contributed by atoms with Crippen LogP contribution >= 0.6 is 0 Å². The van der Waals surface area contributed by atoms with E-state index in [-0.39, 0.29) is 36.2 Å². The first-order valence-electron chi connectivity index (χ1n) is 13.3. The summed E-state index contributed by atoms with van der Waals surface area (Å²) in [4.78, 5) is 8.16. The number of anilines is 2. The number of nitrogens with one attached hydrogen (secondary N) is 3. The van der Waals surface area contributed by atoms with Crippen molar-refractivity contribution < 1.29 is 27.4 Å². The van der Waals surface area contributed by atoms with E-state index in [1.165, 1.54) is 18.2 Å². The van der Waals surface area contributed by atoms with Gasteiger partial charge >= 0.3 is 6.36 Å². The summed E-state index contributed by atoms with van der Waals surface area (Å²) in [5.41, 5.74) is 0.268. The van der Waals surface area contributed by atoms with E-state index in [9.17, 15) is 17.6 Å². The first-order valence-corrected chi connectivity index (χ1v) is 13.3. The molecule has 1 aliphatic carbocycles. The Morgan fingerprint density at radius 2 is 1.84 bits per heavy atom. The van der Waals surface area contributed by atoms with Crippen molar-refractivity contribution in [2.24, 2.45) is 23.7 Å². The third-order valence-corrected chi connectivity index (χ3v) is 7.27. The van der Waals surface area contributed by atoms with E-state index in [4.69, 9.17) is 5.11 Å². The molecule has 3 rings (SSSR count). The monoisotopic (exact) mass is 541 g/mol. The van der Waals surface area contributed by atoms with Gasteiger partial charge in [0.05, 0.1) is 6.20 Å². The second-order valence-electron chi connectivity index (χ2n) is 10.1. The van der Waals surface area contributed by atoms with Gasteiger partial charge in [0.25, 0.3) is 0 Å². The average molecular weight is 542 g/mol. The molecule has 11 heteroatoms. The van der Waals surface area contributed by atoms with E-state index in [0.717, 1.165) is 51.4 Å². The fraction of sp³-hybridized carbons (Fsp3) is 0.630. The number of benzene rings is 1. The lowest BCUT2D eigenvalue weighted by Gasteiger charge is -2.38. The van der Waals surface area contributed by atoms with E-state index in [1.54, 1.807) is 6.07 Å². The van der Waals surface area contributed by atoms with Crippen LogP contribution in [0.5, 0.6) is 5.75 Å². The molecule has 0 aliphatic heterocycles. The molecule has 0 radical (unpaired) electrons. The maximum atomic E-state index is 14.5. The van der Waals surface area contributed by atoms with Gasteiger partial charge in [-0.15, -0.1) is 13.2 Å². The number of nitrogens with zero attached hydrogens (tertiary/aromatic N) is 2. The molecule has 1 heterocycles. The van der Waals surface area contributed by atoms with Crippen molar-refractivity contribution in [3.05, 3.63) is 41.8 Å². The second kappa shape index (κ2) is 14.5. The van der Waals surface area contributed by atoms with Gasteiger partial charge in [-0.3, -0.25) is 0 Å². The third-order valence-electron chi connectivity index (χ3n) is 7.27. The van der Waals surface area contributed by atoms with E-state index in [1.807, 2.05) is 0 Å². The number of rotatable bonds is 14. The van der Waals surface area contributed by atoms with Crippen LogP contribution < -0.4 is 20.7 Å². The van der Waals surface area contributed by atoms with Crippen LogP contribution in [0.15, 0.2) is 30.5 Å². The van der Waals surface area contributed by atoms with Gasteiger partial charge in [0.15, 0.2) is 11.6 Å². The van der Waals surface area contributed by atoms with Crippen molar-refractivity contribution in [3.8, 4) is 5.75 Å². The normalized spacial score (nSPS) is 20.7. The molecule has 0 spiro atoms. The predicted octanol–water partition coefficient (Wildman–Crippen LogP) is 5.59. The van der Waals surface area contributed by atoms with Crippen molar-refractivity contribution >= 4 is 11.8 Å². The molecule has 1 aromatic heterocycles. The van der Waals surface area contributed by atoms with Crippen molar-refractivity contribution in [2.75, 3.05) is 36.9 Å². The number of hydrogen-bond donors (Lipinski definition) is 4. The van der Waals surface area contributed by atoms with Gasteiger partial charge in [0.2, 0.25) is 5.95 Å². The highest BCUT2D eigenvalue weighted by Gasteiger charge is 2.32. The van der Waals surface area contributed by atoms with Gasteiger partial charge in [0, 0.05) is 25.3 Å². The molecule has 1 saturated carbocycles. The van der Waals surface area contributed by atoms with Crippen LogP contribution in [0.1, 0.15) is 51.5 Å². The zero-order chi connectivity index (χ0) is 27.5. The summed E-state index contributed by atoms with van der Waals surface area (Å²) >= 11 is 0. The Morgan fingerprint density at radius 1 is 1.11 bits per heavy atom. The summed E-state index contributed by atoms with van der Waals surface area (Å²) in [6.45, 7) is 6.90. The maximum absolute atomic E-state index is 14.5. The number of para-hydroxylation sites is 1. The summed E-state index contributed by atoms with van der Waals surface area (Å²) in [5.74, 6) is 1.32. The summed E-state index contributed by atoms with van der Waals surface area (Å²) in [6, 6.07) is 5.79. The Bertz CT molecular complexity index is 994. The molecule has 1 aromatic carbocycles. The van der Waals surface area contributed by atoms with Gasteiger partial charge in [0.1, 0.15) is 5.75 Å². The molecule has 0 amide bonds. The number of hydrogen-bond acceptors (Lipinski definition) is 7. The minimum Gasteiger partial charge on any atom is -0.405 e. The largest absolute Gasteiger partial charge is 0.573 e. The molecule has 2 aromatic rings. The van der Waals surface area contributed by atoms with E-state index in [2.05, 4.69) is 44.5 Å². The van der Waals surface area contributed by atoms with Gasteiger partial charge in [-0.1, -0.05) is 38.5 Å². The third kappa shape index (κ3) is 9.58. The average Bonchev–Trinajstić information content (AvgIpc) is 2.89. The second-order valence-corrected chi connectivity index (χ2v) is 10.1. The Morgan fingerprint density at radius 3 is 2.55 bits per heavy atom. The molecule has 1 fully saturated rings. The van der Waals surface area contributed by atoms with Crippen LogP contribution in [0.3, 0.4) is 0 Å². The molecule has 0 bridgehead atoms. The first-order chi connectivity index (χ1) is 18.2. The Hall–Kier alpha value is -2.66. The molecule has 4 atom stereocenters. The van der Waals surface area contributed by atoms with Gasteiger partial charge in [-0.2, -0.15) is 4.98 Å². The smallest absolute Gasteiger partial charge is 0.405 e. The van der Waals surface area contributed by atoms with Gasteiger partial charge < -0.3 is 25.8 Å². The standard InChI is InChI=1S/C27H39F4N5O2/c1-3-18(2)22-12-19(14-32-9-6-10-37)11-20(13-22)15-33-25-23(28)17-35-26(36-25)34-16-21-7-4-5-8-24(21)38-27(29,30)31/h4-5,7-8,17-20,22,32,37H,3,6,9-16H2,1-2H3,(H2,33,34,35,36)/t18?,19-,20-,22?/m0/s1. The Balaban J connectivity index is 1.60. The number of halogens is 4. The summed E-state index contributed by atoms with van der Waals surface area (Å²) in [6.07, 6.45) is 1.32. The van der Waals surface area contributed by atoms with Crippen LogP contribution in [0, 0.1) is 29.5 Å². The molecular formula is C27H39F4N5O2. The SMILES string of the molecule is CCC(C)C1C[C@@H](CNCCCO)C[C@H](CNc2nc(NCc3ccccc3OC(F)(F)F)ncc2F)C1. The molecule has 38 heavy (non-hydrogen) atoms. The number of aliphatic hydroxyl groups is 1. The van der Waals surface area contributed by atoms with Crippen LogP contribution in [0.2, 0.25) is 0 Å². The number of alkyl halides is 3. The molecule has 2 unspecified atom stereocenters. The van der Waals surface area contributed by atoms with E-state index >= 15 is 0 Å². The van der Waals surface area contributed by atoms with Crippen molar-refractivity contribution in [1.82, 2.24) is 15.3 Å². The summed E-state index contributed by atoms with van der Waals surface area (Å²) < 4.78 is 56.7. The Kier molecular flexibility index (Phi) is 11.4. The molecule has 4 N–H and O–H groups in total. The molecule has 1 aliphatic rings. The minimum atomic E-state index is -4.80. The molecule has 0 saturated heterocycles. The lowest BCUT2D eigenvalue weighted by molar-refractivity contribution is -0.274. The van der Waals surface area contributed by atoms with Crippen LogP contribution in [0.4, 0.5) is 29.3 Å². The zero-order valence-electron chi connectivity index (χ0n) is 22.0. The predicted molar refractivity (Wildman–Crippen MR) is 139 cm³/mol. The number of aromatic nitrogens is 2. The molecule has 7 nitrogen and oxygen atoms in total. The number of ether oxygens (including phenoxy) is 1. The van der Waals surface area contributed by atoms with Gasteiger partial charge in [-0.05, 0) is 68.5 Å². The topological polar surface area (TPSA) is 91.3 Å².